The number of methoxy groups -OCH3 is 1. The number of aromatic nitrogens is 2. The molecule has 0 unspecified atom stereocenters. The summed E-state index contributed by atoms with van der Waals surface area (Å²) >= 11 is 1.64. The van der Waals surface area contributed by atoms with E-state index in [4.69, 9.17) is 14.7 Å². The molecule has 1 heterocycles. The maximum Gasteiger partial charge on any atom is 0.159 e. The van der Waals surface area contributed by atoms with Crippen LogP contribution in [-0.4, -0.2) is 29.4 Å². The van der Waals surface area contributed by atoms with E-state index in [1.165, 1.54) is 32.1 Å². The molecule has 0 saturated heterocycles. The largest absolute Gasteiger partial charge is 0.497 e. The number of benzene rings is 1. The molecule has 1 fully saturated rings. The molecule has 3 rings (SSSR count). The maximum absolute atomic E-state index is 5.26. The number of hydrogen-bond acceptors (Lipinski definition) is 5. The molecule has 0 amide bonds. The lowest BCUT2D eigenvalue weighted by atomic mass is 9.95. The average molecular weight is 303 g/mol. The molecule has 0 bridgehead atoms. The van der Waals surface area contributed by atoms with E-state index in [2.05, 4.69) is 5.32 Å². The molecular weight excluding hydrogens is 282 g/mol. The van der Waals surface area contributed by atoms with Crippen molar-refractivity contribution in [2.75, 3.05) is 18.7 Å². The van der Waals surface area contributed by atoms with Crippen molar-refractivity contribution in [3.8, 4) is 5.75 Å². The molecule has 1 saturated carbocycles. The van der Waals surface area contributed by atoms with Crippen LogP contribution in [0.2, 0.25) is 0 Å². The van der Waals surface area contributed by atoms with E-state index in [1.807, 2.05) is 24.5 Å². The molecule has 112 valence electrons. The van der Waals surface area contributed by atoms with Crippen molar-refractivity contribution in [3.63, 3.8) is 0 Å². The maximum atomic E-state index is 5.26. The smallest absolute Gasteiger partial charge is 0.159 e. The van der Waals surface area contributed by atoms with Gasteiger partial charge in [-0.05, 0) is 31.2 Å². The molecule has 21 heavy (non-hydrogen) atoms. The molecule has 0 atom stereocenters. The van der Waals surface area contributed by atoms with Crippen LogP contribution in [0.4, 0.5) is 5.82 Å². The molecule has 0 radical (unpaired) electrons. The monoisotopic (exact) mass is 303 g/mol. The Labute approximate surface area is 129 Å². The number of thioether (sulfide) groups is 1. The van der Waals surface area contributed by atoms with Gasteiger partial charge in [-0.25, -0.2) is 9.97 Å². The third-order valence-corrected chi connectivity index (χ3v) is 4.65. The first-order chi connectivity index (χ1) is 10.3. The summed E-state index contributed by atoms with van der Waals surface area (Å²) in [6.45, 7) is 0. The average Bonchev–Trinajstić information content (AvgIpc) is 2.54. The summed E-state index contributed by atoms with van der Waals surface area (Å²) in [5, 5.41) is 4.55. The van der Waals surface area contributed by atoms with Gasteiger partial charge in [0.15, 0.2) is 5.82 Å². The summed E-state index contributed by atoms with van der Waals surface area (Å²) in [5.41, 5.74) is 1.79. The third kappa shape index (κ3) is 3.23. The number of nitrogens with one attached hydrogen (secondary N) is 1. The SMILES string of the molecule is COc1ccc2nc(NC3CCCCC3)c(SC)nc2c1. The Morgan fingerprint density at radius 1 is 1.14 bits per heavy atom. The van der Waals surface area contributed by atoms with Crippen LogP contribution < -0.4 is 10.1 Å². The highest BCUT2D eigenvalue weighted by molar-refractivity contribution is 7.98. The summed E-state index contributed by atoms with van der Waals surface area (Å²) in [7, 11) is 1.67. The van der Waals surface area contributed by atoms with E-state index in [9.17, 15) is 0 Å². The van der Waals surface area contributed by atoms with Crippen LogP contribution in [0.5, 0.6) is 5.75 Å². The zero-order chi connectivity index (χ0) is 14.7. The van der Waals surface area contributed by atoms with E-state index in [1.54, 1.807) is 18.9 Å². The summed E-state index contributed by atoms with van der Waals surface area (Å²) in [4.78, 5) is 9.49. The van der Waals surface area contributed by atoms with Crippen LogP contribution >= 0.6 is 11.8 Å². The molecular formula is C16H21N3OS. The first-order valence-corrected chi connectivity index (χ1v) is 8.69. The van der Waals surface area contributed by atoms with Crippen LogP contribution in [0.25, 0.3) is 11.0 Å². The van der Waals surface area contributed by atoms with Gasteiger partial charge in [-0.3, -0.25) is 0 Å². The number of ether oxygens (including phenoxy) is 1. The minimum absolute atomic E-state index is 0.537. The predicted molar refractivity (Wildman–Crippen MR) is 88.4 cm³/mol. The normalized spacial score (nSPS) is 16.1. The van der Waals surface area contributed by atoms with Crippen LogP contribution in [0.15, 0.2) is 23.2 Å². The van der Waals surface area contributed by atoms with Gasteiger partial charge in [0.05, 0.1) is 18.1 Å². The summed E-state index contributed by atoms with van der Waals surface area (Å²) in [6, 6.07) is 6.37. The van der Waals surface area contributed by atoms with Crippen LogP contribution in [-0.2, 0) is 0 Å². The number of hydrogen-bond donors (Lipinski definition) is 1. The third-order valence-electron chi connectivity index (χ3n) is 3.98. The molecule has 1 N–H and O–H groups in total. The summed E-state index contributed by atoms with van der Waals surface area (Å²) < 4.78 is 5.26. The molecule has 2 aromatic rings. The van der Waals surface area contributed by atoms with Crippen molar-refractivity contribution >= 4 is 28.6 Å². The second-order valence-electron chi connectivity index (χ2n) is 5.42. The van der Waals surface area contributed by atoms with Crippen molar-refractivity contribution in [2.45, 2.75) is 43.2 Å². The van der Waals surface area contributed by atoms with Crippen molar-refractivity contribution in [3.05, 3.63) is 18.2 Å². The van der Waals surface area contributed by atoms with Gasteiger partial charge in [-0.1, -0.05) is 19.3 Å². The van der Waals surface area contributed by atoms with E-state index in [0.717, 1.165) is 27.6 Å². The summed E-state index contributed by atoms with van der Waals surface area (Å²) in [6.07, 6.45) is 8.49. The second-order valence-corrected chi connectivity index (χ2v) is 6.21. The molecule has 0 aliphatic heterocycles. The predicted octanol–water partition coefficient (Wildman–Crippen LogP) is 4.10. The van der Waals surface area contributed by atoms with Gasteiger partial charge in [-0.15, -0.1) is 11.8 Å². The van der Waals surface area contributed by atoms with Crippen molar-refractivity contribution in [1.29, 1.82) is 0 Å². The Kier molecular flexibility index (Phi) is 4.48. The highest BCUT2D eigenvalue weighted by Crippen LogP contribution is 2.29. The number of nitrogens with zero attached hydrogens (tertiary/aromatic N) is 2. The van der Waals surface area contributed by atoms with E-state index in [0.29, 0.717) is 6.04 Å². The Hall–Kier alpha value is -1.49. The molecule has 1 aliphatic carbocycles. The van der Waals surface area contributed by atoms with Gasteiger partial charge in [0.1, 0.15) is 10.8 Å². The summed E-state index contributed by atoms with van der Waals surface area (Å²) in [5.74, 6) is 1.74. The second kappa shape index (κ2) is 6.52. The van der Waals surface area contributed by atoms with Gasteiger partial charge in [0, 0.05) is 12.1 Å². The van der Waals surface area contributed by atoms with E-state index in [-0.39, 0.29) is 0 Å². The van der Waals surface area contributed by atoms with Gasteiger partial charge < -0.3 is 10.1 Å². The minimum atomic E-state index is 0.537. The fraction of sp³-hybridized carbons (Fsp3) is 0.500. The lowest BCUT2D eigenvalue weighted by Crippen LogP contribution is -2.23. The number of fused-ring (bicyclic) bond motifs is 1. The lowest BCUT2D eigenvalue weighted by molar-refractivity contribution is 0.415. The standard InChI is InChI=1S/C16H21N3OS/c1-20-12-8-9-13-14(10-12)19-16(21-2)15(18-13)17-11-6-4-3-5-7-11/h8-11H,3-7H2,1-2H3,(H,17,18). The molecule has 1 aliphatic rings. The molecule has 1 aromatic heterocycles. The minimum Gasteiger partial charge on any atom is -0.497 e. The van der Waals surface area contributed by atoms with Crippen molar-refractivity contribution in [2.24, 2.45) is 0 Å². The van der Waals surface area contributed by atoms with Gasteiger partial charge in [0.25, 0.3) is 0 Å². The number of rotatable bonds is 4. The highest BCUT2D eigenvalue weighted by atomic mass is 32.2. The van der Waals surface area contributed by atoms with Crippen molar-refractivity contribution in [1.82, 2.24) is 9.97 Å². The Bertz CT molecular complexity index is 626. The van der Waals surface area contributed by atoms with Crippen LogP contribution in [0.1, 0.15) is 32.1 Å². The number of anilines is 1. The van der Waals surface area contributed by atoms with Crippen LogP contribution in [0, 0.1) is 0 Å². The van der Waals surface area contributed by atoms with Crippen LogP contribution in [0.3, 0.4) is 0 Å². The highest BCUT2D eigenvalue weighted by Gasteiger charge is 2.16. The fourth-order valence-corrected chi connectivity index (χ4v) is 3.31. The Morgan fingerprint density at radius 3 is 2.67 bits per heavy atom. The van der Waals surface area contributed by atoms with E-state index >= 15 is 0 Å². The quantitative estimate of drug-likeness (QED) is 0.861. The molecule has 1 aromatic carbocycles. The Morgan fingerprint density at radius 2 is 1.95 bits per heavy atom. The fourth-order valence-electron chi connectivity index (χ4n) is 2.82. The molecule has 0 spiro atoms. The molecule has 4 nitrogen and oxygen atoms in total. The van der Waals surface area contributed by atoms with Gasteiger partial charge in [0.2, 0.25) is 0 Å². The van der Waals surface area contributed by atoms with Crippen molar-refractivity contribution < 1.29 is 4.74 Å². The zero-order valence-electron chi connectivity index (χ0n) is 12.6. The lowest BCUT2D eigenvalue weighted by Gasteiger charge is -2.24. The van der Waals surface area contributed by atoms with Gasteiger partial charge in [-0.2, -0.15) is 0 Å². The topological polar surface area (TPSA) is 47.0 Å². The van der Waals surface area contributed by atoms with E-state index < -0.39 is 0 Å². The molecule has 5 heteroatoms. The first-order valence-electron chi connectivity index (χ1n) is 7.46. The van der Waals surface area contributed by atoms with Gasteiger partial charge >= 0.3 is 0 Å². The first kappa shape index (κ1) is 14.4. The zero-order valence-corrected chi connectivity index (χ0v) is 13.4. The Balaban J connectivity index is 1.93.